The van der Waals surface area contributed by atoms with Crippen molar-refractivity contribution in [1.29, 1.82) is 0 Å². The van der Waals surface area contributed by atoms with Crippen molar-refractivity contribution in [2.24, 2.45) is 0 Å². The maximum absolute atomic E-state index is 6.70. The van der Waals surface area contributed by atoms with E-state index < -0.39 is 0 Å². The molecule has 0 radical (unpaired) electrons. The molecule has 0 unspecified atom stereocenters. The van der Waals surface area contributed by atoms with Gasteiger partial charge in [0.1, 0.15) is 11.3 Å². The highest BCUT2D eigenvalue weighted by Gasteiger charge is 2.21. The van der Waals surface area contributed by atoms with Crippen LogP contribution in [0.4, 0.5) is 17.1 Å². The third-order valence-corrected chi connectivity index (χ3v) is 10.2. The van der Waals surface area contributed by atoms with Crippen LogP contribution in [0.2, 0.25) is 0 Å². The number of hydrogen-bond acceptors (Lipinski definition) is 2. The predicted octanol–water partition coefficient (Wildman–Crippen LogP) is 14.4. The Morgan fingerprint density at radius 3 is 1.79 bits per heavy atom. The Hall–Kier alpha value is -6.90. The Morgan fingerprint density at radius 2 is 0.962 bits per heavy atom. The Balaban J connectivity index is 1.19. The van der Waals surface area contributed by atoms with Gasteiger partial charge in [0.2, 0.25) is 0 Å². The number of hydrogen-bond donors (Lipinski definition) is 0. The van der Waals surface area contributed by atoms with Gasteiger partial charge in [-0.1, -0.05) is 164 Å². The molecule has 0 spiro atoms. The third-order valence-electron chi connectivity index (χ3n) is 10.2. The quantitative estimate of drug-likeness (QED) is 0.165. The number of fused-ring (bicyclic) bond motifs is 5. The summed E-state index contributed by atoms with van der Waals surface area (Å²) >= 11 is 0. The number of para-hydroxylation sites is 1. The van der Waals surface area contributed by atoms with Crippen LogP contribution in [0, 0.1) is 0 Å². The van der Waals surface area contributed by atoms with Crippen LogP contribution in [0.5, 0.6) is 0 Å². The second-order valence-corrected chi connectivity index (χ2v) is 13.3. The Morgan fingerprint density at radius 1 is 0.346 bits per heavy atom. The minimum absolute atomic E-state index is 0.865. The van der Waals surface area contributed by atoms with Gasteiger partial charge in [-0.2, -0.15) is 0 Å². The van der Waals surface area contributed by atoms with Gasteiger partial charge in [-0.25, -0.2) is 0 Å². The summed E-state index contributed by atoms with van der Waals surface area (Å²) in [5, 5.41) is 8.47. The first kappa shape index (κ1) is 30.0. The van der Waals surface area contributed by atoms with E-state index in [-0.39, 0.29) is 0 Å². The standard InChI is InChI=1S/C50H33NO/c1-2-15-36(16-3-1)49-46-25-10-11-27-48(46)52-50(49)38-19-12-20-40(32-38)51(47-33-37-17-5-7-22-43(37)44-23-8-9-24-45(44)47)39-30-28-35(29-31-39)42-26-13-18-34-14-4-6-21-41(34)42/h1-33H. The molecule has 1 heterocycles. The molecule has 0 aliphatic rings. The second kappa shape index (κ2) is 12.5. The molecule has 2 heteroatoms. The van der Waals surface area contributed by atoms with Crippen molar-refractivity contribution < 1.29 is 4.42 Å². The number of nitrogens with zero attached hydrogens (tertiary/aromatic N) is 1. The summed E-state index contributed by atoms with van der Waals surface area (Å²) in [5.41, 5.74) is 9.81. The zero-order chi connectivity index (χ0) is 34.4. The molecule has 10 aromatic rings. The molecule has 1 aromatic heterocycles. The van der Waals surface area contributed by atoms with E-state index in [9.17, 15) is 0 Å². The summed E-state index contributed by atoms with van der Waals surface area (Å²) in [6, 6.07) is 71.6. The van der Waals surface area contributed by atoms with Crippen LogP contribution in [0.3, 0.4) is 0 Å². The van der Waals surface area contributed by atoms with Gasteiger partial charge in [0.25, 0.3) is 0 Å². The first-order valence-electron chi connectivity index (χ1n) is 17.8. The topological polar surface area (TPSA) is 16.4 Å². The highest BCUT2D eigenvalue weighted by atomic mass is 16.3. The highest BCUT2D eigenvalue weighted by molar-refractivity contribution is 6.14. The Bertz CT molecular complexity index is 2900. The highest BCUT2D eigenvalue weighted by Crippen LogP contribution is 2.46. The van der Waals surface area contributed by atoms with Crippen molar-refractivity contribution >= 4 is 60.3 Å². The summed E-state index contributed by atoms with van der Waals surface area (Å²) in [6.45, 7) is 0. The van der Waals surface area contributed by atoms with E-state index in [1.807, 2.05) is 6.07 Å². The van der Waals surface area contributed by atoms with E-state index in [0.29, 0.717) is 0 Å². The molecule has 0 N–H and O–H groups in total. The Labute approximate surface area is 302 Å². The molecular weight excluding hydrogens is 631 g/mol. The fourth-order valence-corrected chi connectivity index (χ4v) is 7.84. The van der Waals surface area contributed by atoms with Crippen molar-refractivity contribution in [2.45, 2.75) is 0 Å². The largest absolute Gasteiger partial charge is 0.455 e. The van der Waals surface area contributed by atoms with Crippen LogP contribution < -0.4 is 4.90 Å². The minimum Gasteiger partial charge on any atom is -0.455 e. The van der Waals surface area contributed by atoms with Crippen molar-refractivity contribution in [1.82, 2.24) is 0 Å². The fraction of sp³-hybridized carbons (Fsp3) is 0. The summed E-state index contributed by atoms with van der Waals surface area (Å²) < 4.78 is 6.70. The number of furan rings is 1. The van der Waals surface area contributed by atoms with Crippen LogP contribution in [-0.4, -0.2) is 0 Å². The van der Waals surface area contributed by atoms with Crippen LogP contribution in [0.15, 0.2) is 205 Å². The van der Waals surface area contributed by atoms with Crippen molar-refractivity contribution in [3.8, 4) is 33.6 Å². The molecule has 0 atom stereocenters. The van der Waals surface area contributed by atoms with Gasteiger partial charge in [0, 0.05) is 33.3 Å². The van der Waals surface area contributed by atoms with Crippen LogP contribution >= 0.6 is 0 Å². The molecule has 0 saturated carbocycles. The van der Waals surface area contributed by atoms with Crippen molar-refractivity contribution in [3.05, 3.63) is 200 Å². The van der Waals surface area contributed by atoms with Gasteiger partial charge in [-0.05, 0) is 80.0 Å². The normalized spacial score (nSPS) is 11.5. The van der Waals surface area contributed by atoms with E-state index in [2.05, 4.69) is 199 Å². The fourth-order valence-electron chi connectivity index (χ4n) is 7.84. The van der Waals surface area contributed by atoms with Crippen molar-refractivity contribution in [3.63, 3.8) is 0 Å². The summed E-state index contributed by atoms with van der Waals surface area (Å²) in [4.78, 5) is 2.40. The zero-order valence-electron chi connectivity index (χ0n) is 28.4. The number of benzene rings is 9. The van der Waals surface area contributed by atoms with Crippen LogP contribution in [0.25, 0.3) is 76.9 Å². The van der Waals surface area contributed by atoms with E-state index in [4.69, 9.17) is 4.42 Å². The molecule has 0 aliphatic carbocycles. The molecule has 0 saturated heterocycles. The Kier molecular flexibility index (Phi) is 7.18. The lowest BCUT2D eigenvalue weighted by atomic mass is 9.96. The smallest absolute Gasteiger partial charge is 0.143 e. The van der Waals surface area contributed by atoms with E-state index >= 15 is 0 Å². The number of rotatable bonds is 6. The maximum Gasteiger partial charge on any atom is 0.143 e. The average Bonchev–Trinajstić information content (AvgIpc) is 3.61. The summed E-state index contributed by atoms with van der Waals surface area (Å²) in [6.07, 6.45) is 0. The van der Waals surface area contributed by atoms with E-state index in [1.54, 1.807) is 0 Å². The molecule has 0 fully saturated rings. The van der Waals surface area contributed by atoms with Gasteiger partial charge in [-0.15, -0.1) is 0 Å². The van der Waals surface area contributed by atoms with Crippen LogP contribution in [-0.2, 0) is 0 Å². The van der Waals surface area contributed by atoms with E-state index in [0.717, 1.165) is 50.5 Å². The summed E-state index contributed by atoms with van der Waals surface area (Å²) in [7, 11) is 0. The van der Waals surface area contributed by atoms with Gasteiger partial charge in [0.15, 0.2) is 0 Å². The predicted molar refractivity (Wildman–Crippen MR) is 220 cm³/mol. The molecule has 10 rings (SSSR count). The minimum atomic E-state index is 0.865. The monoisotopic (exact) mass is 663 g/mol. The third kappa shape index (κ3) is 5.04. The molecule has 9 aromatic carbocycles. The lowest BCUT2D eigenvalue weighted by Gasteiger charge is -2.28. The second-order valence-electron chi connectivity index (χ2n) is 13.3. The lowest BCUT2D eigenvalue weighted by molar-refractivity contribution is 0.632. The molecule has 0 bridgehead atoms. The molecule has 2 nitrogen and oxygen atoms in total. The zero-order valence-corrected chi connectivity index (χ0v) is 28.4. The van der Waals surface area contributed by atoms with Gasteiger partial charge in [0.05, 0.1) is 5.69 Å². The molecular formula is C50H33NO. The first-order valence-corrected chi connectivity index (χ1v) is 17.8. The van der Waals surface area contributed by atoms with Crippen LogP contribution in [0.1, 0.15) is 0 Å². The average molecular weight is 664 g/mol. The first-order chi connectivity index (χ1) is 25.8. The lowest BCUT2D eigenvalue weighted by Crippen LogP contribution is -2.11. The molecule has 0 amide bonds. The number of anilines is 3. The van der Waals surface area contributed by atoms with Gasteiger partial charge >= 0.3 is 0 Å². The van der Waals surface area contributed by atoms with Crippen molar-refractivity contribution in [2.75, 3.05) is 4.90 Å². The maximum atomic E-state index is 6.70. The molecule has 0 aliphatic heterocycles. The SMILES string of the molecule is c1ccc(-c2c(-c3cccc(N(c4ccc(-c5cccc6ccccc56)cc4)c4cc5ccccc5c5ccccc45)c3)oc3ccccc23)cc1. The van der Waals surface area contributed by atoms with E-state index in [1.165, 1.54) is 43.4 Å². The van der Waals surface area contributed by atoms with Gasteiger partial charge < -0.3 is 9.32 Å². The summed E-state index contributed by atoms with van der Waals surface area (Å²) in [5.74, 6) is 0.865. The molecule has 52 heavy (non-hydrogen) atoms. The molecule has 244 valence electrons. The van der Waals surface area contributed by atoms with Gasteiger partial charge in [-0.3, -0.25) is 0 Å².